The Labute approximate surface area is 231 Å². The molecule has 0 aliphatic heterocycles. The molecule has 3 rings (SSSR count). The zero-order valence-electron chi connectivity index (χ0n) is 23.9. The van der Waals surface area contributed by atoms with E-state index < -0.39 is 10.1 Å². The molecular weight excluding hydrogens is 490 g/mol. The molecule has 1 aromatic heterocycles. The van der Waals surface area contributed by atoms with Crippen LogP contribution in [0.2, 0.25) is 0 Å². The van der Waals surface area contributed by atoms with Crippen molar-refractivity contribution < 1.29 is 17.5 Å². The topological polar surface area (TPSA) is 61.1 Å². The fourth-order valence-electron chi connectivity index (χ4n) is 4.51. The second kappa shape index (κ2) is 16.5. The van der Waals surface area contributed by atoms with Gasteiger partial charge in [0.15, 0.2) is 17.9 Å². The Balaban J connectivity index is 0.000000279. The second-order valence-corrected chi connectivity index (χ2v) is 12.1. The van der Waals surface area contributed by atoms with Crippen molar-refractivity contribution in [3.05, 3.63) is 95.8 Å². The van der Waals surface area contributed by atoms with Crippen LogP contribution in [0.1, 0.15) is 102 Å². The van der Waals surface area contributed by atoms with Gasteiger partial charge in [-0.05, 0) is 43.0 Å². The van der Waals surface area contributed by atoms with E-state index in [0.717, 1.165) is 18.4 Å². The van der Waals surface area contributed by atoms with Crippen LogP contribution in [-0.4, -0.2) is 13.0 Å². The lowest BCUT2D eigenvalue weighted by Gasteiger charge is -2.19. The molecule has 208 valence electrons. The van der Waals surface area contributed by atoms with Gasteiger partial charge in [0.1, 0.15) is 10.1 Å². The summed E-state index contributed by atoms with van der Waals surface area (Å²) in [6.45, 7) is 8.82. The van der Waals surface area contributed by atoms with Gasteiger partial charge in [0, 0.05) is 31.5 Å². The third kappa shape index (κ3) is 11.5. The molecule has 0 bridgehead atoms. The molecule has 0 atom stereocenters. The molecule has 38 heavy (non-hydrogen) atoms. The van der Waals surface area contributed by atoms with Crippen LogP contribution in [0.3, 0.4) is 0 Å². The summed E-state index contributed by atoms with van der Waals surface area (Å²) in [5.74, 6) is 0. The SMILES string of the molecule is CCCCCCCCCCCCc1ccc(S(=O)(=O)[O-])cc1.Cc1cc[n+](C(C)(C)c2ccccc2)cc1. The number of nitrogens with zero attached hydrogens (tertiary/aromatic N) is 1. The molecule has 5 heteroatoms. The standard InChI is InChI=1S/C18H30O3S.C15H18N/c1-2-3-4-5-6-7-8-9-10-11-12-17-13-15-18(16-14-17)22(19,20)21;1-13-9-11-16(12-10-13)15(2,3)14-7-5-4-6-8-14/h13-16H,2-12H2,1H3,(H,19,20,21);4-12H,1-3H3/q;+1/p-1. The van der Waals surface area contributed by atoms with E-state index in [2.05, 4.69) is 87.1 Å². The van der Waals surface area contributed by atoms with E-state index in [9.17, 15) is 13.0 Å². The Kier molecular flexibility index (Phi) is 13.7. The Bertz CT molecular complexity index is 1140. The lowest BCUT2D eigenvalue weighted by atomic mass is 9.94. The number of unbranched alkanes of at least 4 members (excludes halogenated alkanes) is 9. The van der Waals surface area contributed by atoms with Crippen LogP contribution in [0.4, 0.5) is 0 Å². The van der Waals surface area contributed by atoms with E-state index in [1.807, 2.05) is 0 Å². The number of hydrogen-bond acceptors (Lipinski definition) is 3. The highest BCUT2D eigenvalue weighted by atomic mass is 32.2. The molecule has 0 N–H and O–H groups in total. The van der Waals surface area contributed by atoms with Crippen LogP contribution in [0, 0.1) is 6.92 Å². The molecule has 0 saturated carbocycles. The van der Waals surface area contributed by atoms with Gasteiger partial charge in [0.05, 0.1) is 4.90 Å². The highest BCUT2D eigenvalue weighted by molar-refractivity contribution is 7.85. The summed E-state index contributed by atoms with van der Waals surface area (Å²) in [5.41, 5.74) is 3.71. The van der Waals surface area contributed by atoms with Crippen molar-refractivity contribution in [2.24, 2.45) is 0 Å². The normalized spacial score (nSPS) is 11.6. The fourth-order valence-corrected chi connectivity index (χ4v) is 4.98. The van der Waals surface area contributed by atoms with Crippen molar-refractivity contribution in [1.29, 1.82) is 0 Å². The predicted molar refractivity (Wildman–Crippen MR) is 156 cm³/mol. The summed E-state index contributed by atoms with van der Waals surface area (Å²) in [5, 5.41) is 0. The molecule has 0 saturated heterocycles. The van der Waals surface area contributed by atoms with Crippen LogP contribution in [0.15, 0.2) is 84.0 Å². The van der Waals surface area contributed by atoms with Crippen LogP contribution in [-0.2, 0) is 22.1 Å². The average Bonchev–Trinajstić information content (AvgIpc) is 2.91. The second-order valence-electron chi connectivity index (χ2n) is 10.7. The molecule has 4 nitrogen and oxygen atoms in total. The molecular formula is C33H47NO3S. The monoisotopic (exact) mass is 537 g/mol. The number of aryl methyl sites for hydroxylation is 2. The van der Waals surface area contributed by atoms with Crippen molar-refractivity contribution in [3.8, 4) is 0 Å². The number of benzene rings is 2. The minimum absolute atomic E-state index is 0.00500. The summed E-state index contributed by atoms with van der Waals surface area (Å²) in [7, 11) is -4.31. The lowest BCUT2D eigenvalue weighted by molar-refractivity contribution is -0.747. The average molecular weight is 538 g/mol. The van der Waals surface area contributed by atoms with Gasteiger partial charge in [0.25, 0.3) is 0 Å². The Hall–Kier alpha value is -2.50. The number of aromatic nitrogens is 1. The molecule has 0 radical (unpaired) electrons. The number of hydrogen-bond donors (Lipinski definition) is 0. The summed E-state index contributed by atoms with van der Waals surface area (Å²) < 4.78 is 34.7. The van der Waals surface area contributed by atoms with Crippen LogP contribution < -0.4 is 4.57 Å². The zero-order valence-corrected chi connectivity index (χ0v) is 24.7. The molecule has 0 amide bonds. The van der Waals surface area contributed by atoms with Gasteiger partial charge in [-0.3, -0.25) is 0 Å². The van der Waals surface area contributed by atoms with Crippen molar-refractivity contribution in [2.45, 2.75) is 109 Å². The Morgan fingerprint density at radius 2 is 1.21 bits per heavy atom. The van der Waals surface area contributed by atoms with Crippen molar-refractivity contribution in [1.82, 2.24) is 0 Å². The first-order valence-electron chi connectivity index (χ1n) is 14.2. The highest BCUT2D eigenvalue weighted by Crippen LogP contribution is 2.19. The van der Waals surface area contributed by atoms with Gasteiger partial charge in [-0.15, -0.1) is 0 Å². The molecule has 0 aliphatic carbocycles. The first-order valence-corrected chi connectivity index (χ1v) is 15.6. The Morgan fingerprint density at radius 3 is 1.71 bits per heavy atom. The maximum atomic E-state index is 10.8. The van der Waals surface area contributed by atoms with Crippen LogP contribution >= 0.6 is 0 Å². The maximum Gasteiger partial charge on any atom is 0.187 e. The molecule has 0 spiro atoms. The van der Waals surface area contributed by atoms with Crippen LogP contribution in [0.25, 0.3) is 0 Å². The minimum Gasteiger partial charge on any atom is -0.744 e. The fraction of sp³-hybridized carbons (Fsp3) is 0.485. The largest absolute Gasteiger partial charge is 0.744 e. The van der Waals surface area contributed by atoms with Gasteiger partial charge in [-0.1, -0.05) is 107 Å². The summed E-state index contributed by atoms with van der Waals surface area (Å²) in [4.78, 5) is -0.140. The molecule has 0 aliphatic rings. The van der Waals surface area contributed by atoms with Gasteiger partial charge in [0.2, 0.25) is 0 Å². The number of rotatable bonds is 14. The van der Waals surface area contributed by atoms with Gasteiger partial charge >= 0.3 is 0 Å². The predicted octanol–water partition coefficient (Wildman–Crippen LogP) is 8.12. The van der Waals surface area contributed by atoms with Gasteiger partial charge < -0.3 is 4.55 Å². The molecule has 1 heterocycles. The summed E-state index contributed by atoms with van der Waals surface area (Å²) >= 11 is 0. The minimum atomic E-state index is -4.31. The Morgan fingerprint density at radius 1 is 0.711 bits per heavy atom. The van der Waals surface area contributed by atoms with E-state index >= 15 is 0 Å². The van der Waals surface area contributed by atoms with E-state index in [0.29, 0.717) is 0 Å². The van der Waals surface area contributed by atoms with Crippen molar-refractivity contribution >= 4 is 10.1 Å². The van der Waals surface area contributed by atoms with E-state index in [1.165, 1.54) is 81.0 Å². The highest BCUT2D eigenvalue weighted by Gasteiger charge is 2.29. The molecule has 0 fully saturated rings. The molecule has 3 aromatic rings. The summed E-state index contributed by atoms with van der Waals surface area (Å²) in [6, 6.07) is 21.2. The quantitative estimate of drug-likeness (QED) is 0.118. The van der Waals surface area contributed by atoms with E-state index in [1.54, 1.807) is 12.1 Å². The number of pyridine rings is 1. The smallest absolute Gasteiger partial charge is 0.187 e. The van der Waals surface area contributed by atoms with E-state index in [-0.39, 0.29) is 10.4 Å². The van der Waals surface area contributed by atoms with Crippen molar-refractivity contribution in [2.75, 3.05) is 0 Å². The van der Waals surface area contributed by atoms with Crippen molar-refractivity contribution in [3.63, 3.8) is 0 Å². The molecule has 2 aromatic carbocycles. The third-order valence-corrected chi connectivity index (χ3v) is 8.00. The lowest BCUT2D eigenvalue weighted by Crippen LogP contribution is -2.52. The first-order chi connectivity index (χ1) is 18.1. The summed E-state index contributed by atoms with van der Waals surface area (Å²) in [6.07, 6.45) is 18.3. The first kappa shape index (κ1) is 31.7. The van der Waals surface area contributed by atoms with Gasteiger partial charge in [-0.2, -0.15) is 4.57 Å². The zero-order chi connectivity index (χ0) is 27.9. The van der Waals surface area contributed by atoms with Crippen LogP contribution in [0.5, 0.6) is 0 Å². The third-order valence-electron chi connectivity index (χ3n) is 7.15. The molecule has 0 unspecified atom stereocenters. The maximum absolute atomic E-state index is 10.8. The van der Waals surface area contributed by atoms with E-state index in [4.69, 9.17) is 0 Å². The van der Waals surface area contributed by atoms with Gasteiger partial charge in [-0.25, -0.2) is 8.42 Å².